The van der Waals surface area contributed by atoms with Crippen molar-refractivity contribution < 1.29 is 4.92 Å². The fraction of sp³-hybridized carbons (Fsp3) is 0.200. The van der Waals surface area contributed by atoms with Crippen molar-refractivity contribution in [1.82, 2.24) is 0 Å². The first kappa shape index (κ1) is 13.2. The van der Waals surface area contributed by atoms with Crippen LogP contribution in [0.25, 0.3) is 11.1 Å². The van der Waals surface area contributed by atoms with Crippen LogP contribution in [0.2, 0.25) is 0 Å². The molecular formula is C15H16N2O2. The lowest BCUT2D eigenvalue weighted by molar-refractivity contribution is -0.384. The Morgan fingerprint density at radius 3 is 2.42 bits per heavy atom. The lowest BCUT2D eigenvalue weighted by atomic mass is 10.0. The maximum absolute atomic E-state index is 10.8. The Kier molecular flexibility index (Phi) is 4.26. The lowest BCUT2D eigenvalue weighted by Gasteiger charge is -2.04. The Morgan fingerprint density at radius 1 is 1.05 bits per heavy atom. The zero-order valence-electron chi connectivity index (χ0n) is 10.6. The number of nitro groups is 1. The van der Waals surface area contributed by atoms with Gasteiger partial charge in [0.25, 0.3) is 5.69 Å². The topological polar surface area (TPSA) is 69.2 Å². The van der Waals surface area contributed by atoms with Gasteiger partial charge in [-0.15, -0.1) is 0 Å². The fourth-order valence-corrected chi connectivity index (χ4v) is 1.97. The van der Waals surface area contributed by atoms with Crippen LogP contribution in [0.4, 0.5) is 5.69 Å². The first-order valence-electron chi connectivity index (χ1n) is 6.24. The first-order chi connectivity index (χ1) is 9.20. The van der Waals surface area contributed by atoms with Gasteiger partial charge in [0, 0.05) is 12.1 Å². The van der Waals surface area contributed by atoms with Gasteiger partial charge in [-0.2, -0.15) is 0 Å². The number of nitrogens with zero attached hydrogens (tertiary/aromatic N) is 1. The molecule has 2 rings (SSSR count). The van der Waals surface area contributed by atoms with E-state index in [2.05, 4.69) is 0 Å². The molecule has 4 nitrogen and oxygen atoms in total. The van der Waals surface area contributed by atoms with Crippen LogP contribution in [0.3, 0.4) is 0 Å². The molecule has 98 valence electrons. The summed E-state index contributed by atoms with van der Waals surface area (Å²) in [6.45, 7) is 0.687. The Labute approximate surface area is 112 Å². The number of nitro benzene ring substituents is 1. The molecule has 0 spiro atoms. The molecule has 0 saturated heterocycles. The third-order valence-electron chi connectivity index (χ3n) is 3.01. The van der Waals surface area contributed by atoms with Gasteiger partial charge in [0.05, 0.1) is 4.92 Å². The van der Waals surface area contributed by atoms with Crippen LogP contribution in [0.5, 0.6) is 0 Å². The molecule has 0 aliphatic rings. The molecule has 0 fully saturated rings. The second-order valence-electron chi connectivity index (χ2n) is 4.40. The van der Waals surface area contributed by atoms with E-state index in [1.807, 2.05) is 30.3 Å². The Balaban J connectivity index is 2.22. The molecule has 4 heteroatoms. The molecule has 0 unspecified atom stereocenters. The molecule has 19 heavy (non-hydrogen) atoms. The van der Waals surface area contributed by atoms with Crippen molar-refractivity contribution >= 4 is 5.69 Å². The molecule has 0 aromatic heterocycles. The van der Waals surface area contributed by atoms with E-state index in [1.54, 1.807) is 12.1 Å². The van der Waals surface area contributed by atoms with Crippen LogP contribution >= 0.6 is 0 Å². The number of hydrogen-bond donors (Lipinski definition) is 1. The van der Waals surface area contributed by atoms with Gasteiger partial charge >= 0.3 is 0 Å². The van der Waals surface area contributed by atoms with Gasteiger partial charge in [0.1, 0.15) is 0 Å². The summed E-state index contributed by atoms with van der Waals surface area (Å²) in [5, 5.41) is 10.8. The van der Waals surface area contributed by atoms with Gasteiger partial charge in [0.2, 0.25) is 0 Å². The highest BCUT2D eigenvalue weighted by Gasteiger charge is 2.06. The van der Waals surface area contributed by atoms with E-state index in [1.165, 1.54) is 11.6 Å². The largest absolute Gasteiger partial charge is 0.330 e. The van der Waals surface area contributed by atoms with Gasteiger partial charge in [-0.25, -0.2) is 0 Å². The smallest absolute Gasteiger partial charge is 0.270 e. The predicted octanol–water partition coefficient (Wildman–Crippen LogP) is 3.15. The Hall–Kier alpha value is -2.20. The Morgan fingerprint density at radius 2 is 1.79 bits per heavy atom. The molecule has 0 aliphatic carbocycles. The van der Waals surface area contributed by atoms with E-state index < -0.39 is 0 Å². The molecule has 2 aromatic carbocycles. The van der Waals surface area contributed by atoms with Gasteiger partial charge in [-0.1, -0.05) is 36.4 Å². The number of rotatable bonds is 5. The number of hydrogen-bond acceptors (Lipinski definition) is 3. The summed E-state index contributed by atoms with van der Waals surface area (Å²) in [6, 6.07) is 14.7. The SMILES string of the molecule is NCCCc1ccc(-c2cccc([N+](=O)[O-])c2)cc1. The van der Waals surface area contributed by atoms with Crippen LogP contribution in [-0.2, 0) is 6.42 Å². The molecule has 0 aliphatic heterocycles. The second kappa shape index (κ2) is 6.11. The van der Waals surface area contributed by atoms with Gasteiger partial charge in [-0.05, 0) is 36.1 Å². The molecule has 0 saturated carbocycles. The summed E-state index contributed by atoms with van der Waals surface area (Å²) in [6.07, 6.45) is 1.93. The number of aryl methyl sites for hydroxylation is 1. The molecule has 0 radical (unpaired) electrons. The summed E-state index contributed by atoms with van der Waals surface area (Å²) in [5.74, 6) is 0. The lowest BCUT2D eigenvalue weighted by Crippen LogP contribution is -2.00. The molecule has 0 amide bonds. The van der Waals surface area contributed by atoms with Crippen molar-refractivity contribution in [2.45, 2.75) is 12.8 Å². The van der Waals surface area contributed by atoms with Crippen molar-refractivity contribution in [2.24, 2.45) is 5.73 Å². The van der Waals surface area contributed by atoms with Crippen LogP contribution < -0.4 is 5.73 Å². The average Bonchev–Trinajstić information content (AvgIpc) is 2.46. The predicted molar refractivity (Wildman–Crippen MR) is 75.9 cm³/mol. The van der Waals surface area contributed by atoms with Crippen molar-refractivity contribution in [3.05, 3.63) is 64.2 Å². The van der Waals surface area contributed by atoms with Crippen molar-refractivity contribution in [3.63, 3.8) is 0 Å². The monoisotopic (exact) mass is 256 g/mol. The first-order valence-corrected chi connectivity index (χ1v) is 6.24. The molecular weight excluding hydrogens is 240 g/mol. The molecule has 0 heterocycles. The quantitative estimate of drug-likeness (QED) is 0.660. The zero-order chi connectivity index (χ0) is 13.7. The van der Waals surface area contributed by atoms with Crippen molar-refractivity contribution in [1.29, 1.82) is 0 Å². The number of non-ortho nitro benzene ring substituents is 1. The van der Waals surface area contributed by atoms with Crippen LogP contribution in [0.1, 0.15) is 12.0 Å². The minimum atomic E-state index is -0.376. The minimum Gasteiger partial charge on any atom is -0.330 e. The summed E-state index contributed by atoms with van der Waals surface area (Å²) < 4.78 is 0. The molecule has 0 atom stereocenters. The highest BCUT2D eigenvalue weighted by atomic mass is 16.6. The highest BCUT2D eigenvalue weighted by molar-refractivity contribution is 5.66. The average molecular weight is 256 g/mol. The summed E-state index contributed by atoms with van der Waals surface area (Å²) in [4.78, 5) is 10.4. The van der Waals surface area contributed by atoms with Gasteiger partial charge < -0.3 is 5.73 Å². The highest BCUT2D eigenvalue weighted by Crippen LogP contribution is 2.24. The van der Waals surface area contributed by atoms with Crippen molar-refractivity contribution in [2.75, 3.05) is 6.54 Å². The van der Waals surface area contributed by atoms with Crippen LogP contribution in [0, 0.1) is 10.1 Å². The maximum atomic E-state index is 10.8. The van der Waals surface area contributed by atoms with E-state index in [9.17, 15) is 10.1 Å². The third-order valence-corrected chi connectivity index (χ3v) is 3.01. The van der Waals surface area contributed by atoms with Gasteiger partial charge in [-0.3, -0.25) is 10.1 Å². The van der Waals surface area contributed by atoms with E-state index >= 15 is 0 Å². The van der Waals surface area contributed by atoms with E-state index in [0.29, 0.717) is 6.54 Å². The third kappa shape index (κ3) is 3.39. The zero-order valence-corrected chi connectivity index (χ0v) is 10.6. The molecule has 2 aromatic rings. The molecule has 2 N–H and O–H groups in total. The maximum Gasteiger partial charge on any atom is 0.270 e. The van der Waals surface area contributed by atoms with E-state index in [-0.39, 0.29) is 10.6 Å². The Bertz CT molecular complexity index is 565. The normalized spacial score (nSPS) is 10.4. The number of nitrogens with two attached hydrogens (primary N) is 1. The van der Waals surface area contributed by atoms with Crippen molar-refractivity contribution in [3.8, 4) is 11.1 Å². The summed E-state index contributed by atoms with van der Waals surface area (Å²) in [5.41, 5.74) is 8.68. The summed E-state index contributed by atoms with van der Waals surface area (Å²) >= 11 is 0. The van der Waals surface area contributed by atoms with E-state index in [4.69, 9.17) is 5.73 Å². The minimum absolute atomic E-state index is 0.115. The fourth-order valence-electron chi connectivity index (χ4n) is 1.97. The molecule has 0 bridgehead atoms. The van der Waals surface area contributed by atoms with Crippen LogP contribution in [-0.4, -0.2) is 11.5 Å². The summed E-state index contributed by atoms with van der Waals surface area (Å²) in [7, 11) is 0. The van der Waals surface area contributed by atoms with E-state index in [0.717, 1.165) is 24.0 Å². The second-order valence-corrected chi connectivity index (χ2v) is 4.40. The van der Waals surface area contributed by atoms with Crippen LogP contribution in [0.15, 0.2) is 48.5 Å². The standard InChI is InChI=1S/C15H16N2O2/c16-10-2-3-12-6-8-13(9-7-12)14-4-1-5-15(11-14)17(18)19/h1,4-9,11H,2-3,10,16H2. The number of benzene rings is 2. The van der Waals surface area contributed by atoms with Gasteiger partial charge in [0.15, 0.2) is 0 Å².